The van der Waals surface area contributed by atoms with Crippen molar-refractivity contribution in [3.63, 3.8) is 0 Å². The van der Waals surface area contributed by atoms with E-state index < -0.39 is 38.7 Å². The molecule has 0 spiro atoms. The van der Waals surface area contributed by atoms with Crippen LogP contribution in [0.2, 0.25) is 0 Å². The van der Waals surface area contributed by atoms with Crippen molar-refractivity contribution in [1.82, 2.24) is 0 Å². The van der Waals surface area contributed by atoms with Gasteiger partial charge in [-0.1, -0.05) is 203 Å². The molecule has 0 aliphatic rings. The molecule has 37 heavy (non-hydrogen) atoms. The Morgan fingerprint density at radius 2 is 0.784 bits per heavy atom. The van der Waals surface area contributed by atoms with Gasteiger partial charge in [-0.15, -0.1) is 0 Å². The molecule has 0 aromatic carbocycles. The monoisotopic (exact) mass is 545 g/mol. The third-order valence-electron chi connectivity index (χ3n) is 3.23. The van der Waals surface area contributed by atoms with Gasteiger partial charge < -0.3 is 0 Å². The van der Waals surface area contributed by atoms with Gasteiger partial charge in [0.1, 0.15) is 0 Å². The summed E-state index contributed by atoms with van der Waals surface area (Å²) in [6.07, 6.45) is -1.75. The van der Waals surface area contributed by atoms with E-state index >= 15 is 0 Å². The Labute approximate surface area is 261 Å². The SMILES string of the molecule is CC(C)C.CCC(C)C.CCCC(C)C.[2H]C(C)C([2H])([2H])C(C)C.[2H]C([2H])(C)C([2H])([2H])C(C)C.[2H]C([2H])(C)CC(C)C.[2H]C([2H])([2H])C(C)C. The number of hydrogen-bond donors (Lipinski definition) is 0. The topological polar surface area (TPSA) is 0 Å². The highest BCUT2D eigenvalue weighted by molar-refractivity contribution is 4.40. The van der Waals surface area contributed by atoms with Crippen LogP contribution in [-0.4, -0.2) is 0 Å². The molecule has 0 aromatic rings. The number of rotatable bonds is 9. The highest BCUT2D eigenvalue weighted by atomic mass is 13.9. The summed E-state index contributed by atoms with van der Waals surface area (Å²) in [4.78, 5) is 0. The fourth-order valence-corrected chi connectivity index (χ4v) is 1.61. The summed E-state index contributed by atoms with van der Waals surface area (Å²) in [5, 5.41) is 0. The van der Waals surface area contributed by atoms with Gasteiger partial charge in [-0.25, -0.2) is 0 Å². The summed E-state index contributed by atoms with van der Waals surface area (Å²) in [7, 11) is 0. The highest BCUT2D eigenvalue weighted by Crippen LogP contribution is 2.02. The zero-order valence-electron chi connectivity index (χ0n) is 41.9. The minimum atomic E-state index is -1.75. The van der Waals surface area contributed by atoms with Crippen LogP contribution in [0.15, 0.2) is 0 Å². The molecular weight excluding hydrogens is 444 g/mol. The van der Waals surface area contributed by atoms with Crippen molar-refractivity contribution in [3.8, 4) is 0 Å². The van der Waals surface area contributed by atoms with E-state index in [1.54, 1.807) is 55.4 Å². The Hall–Kier alpha value is 0. The Morgan fingerprint density at radius 3 is 0.784 bits per heavy atom. The second kappa shape index (κ2) is 49.0. The molecule has 0 bridgehead atoms. The Kier molecular flexibility index (Phi) is 36.0. The first-order valence-electron chi connectivity index (χ1n) is 21.2. The van der Waals surface area contributed by atoms with Crippen LogP contribution in [0.5, 0.6) is 0 Å². The fourth-order valence-electron chi connectivity index (χ4n) is 1.61. The molecule has 0 aromatic heterocycles. The zero-order chi connectivity index (χ0) is 41.9. The molecule has 0 aliphatic heterocycles. The lowest BCUT2D eigenvalue weighted by molar-refractivity contribution is 0.576. The Bertz CT molecular complexity index is 654. The summed E-state index contributed by atoms with van der Waals surface area (Å²) in [5.41, 5.74) is 0. The van der Waals surface area contributed by atoms with Crippen LogP contribution in [0, 0.1) is 41.4 Å². The molecule has 0 heteroatoms. The van der Waals surface area contributed by atoms with E-state index in [4.69, 9.17) is 16.4 Å². The van der Waals surface area contributed by atoms with Crippen LogP contribution in [0.25, 0.3) is 0 Å². The van der Waals surface area contributed by atoms with Gasteiger partial charge in [0, 0.05) is 16.4 Å². The first kappa shape index (κ1) is 27.2. The molecular formula is C37H88. The molecule has 0 radical (unpaired) electrons. The zero-order valence-corrected chi connectivity index (χ0v) is 29.9. The van der Waals surface area contributed by atoms with Gasteiger partial charge in [0.2, 0.25) is 0 Å². The molecule has 0 aliphatic carbocycles. The predicted molar refractivity (Wildman–Crippen MR) is 185 cm³/mol. The van der Waals surface area contributed by atoms with Gasteiger partial charge in [0.15, 0.2) is 0 Å². The summed E-state index contributed by atoms with van der Waals surface area (Å²) >= 11 is 0. The lowest BCUT2D eigenvalue weighted by Crippen LogP contribution is -1.81. The van der Waals surface area contributed by atoms with Crippen molar-refractivity contribution in [2.45, 2.75) is 203 Å². The average Bonchev–Trinajstić information content (AvgIpc) is 2.82. The van der Waals surface area contributed by atoms with E-state index in [1.807, 2.05) is 13.8 Å². The van der Waals surface area contributed by atoms with E-state index in [0.717, 1.165) is 17.8 Å². The molecule has 0 N–H and O–H groups in total. The van der Waals surface area contributed by atoms with Crippen molar-refractivity contribution in [1.29, 1.82) is 0 Å². The molecule has 0 nitrogen and oxygen atoms in total. The molecule has 0 rings (SSSR count). The van der Waals surface area contributed by atoms with E-state index in [-0.39, 0.29) is 17.8 Å². The van der Waals surface area contributed by atoms with E-state index in [0.29, 0.717) is 12.3 Å². The maximum absolute atomic E-state index is 7.32. The molecule has 0 amide bonds. The minimum Gasteiger partial charge on any atom is -0.0654 e. The van der Waals surface area contributed by atoms with Gasteiger partial charge in [-0.2, -0.15) is 0 Å². The fraction of sp³-hybridized carbons (Fsp3) is 1.00. The van der Waals surface area contributed by atoms with Crippen LogP contribution in [0.3, 0.4) is 0 Å². The summed E-state index contributed by atoms with van der Waals surface area (Å²) in [6, 6.07) is 0. The van der Waals surface area contributed by atoms with Crippen molar-refractivity contribution < 1.29 is 16.4 Å². The van der Waals surface area contributed by atoms with Gasteiger partial charge in [-0.05, 0) is 41.4 Å². The second-order valence-electron chi connectivity index (χ2n) is 12.0. The van der Waals surface area contributed by atoms with E-state index in [2.05, 4.69) is 62.3 Å². The third-order valence-corrected chi connectivity index (χ3v) is 3.23. The van der Waals surface area contributed by atoms with E-state index in [9.17, 15) is 0 Å². The van der Waals surface area contributed by atoms with Crippen molar-refractivity contribution in [2.24, 2.45) is 41.4 Å². The minimum absolute atomic E-state index is 0.0648. The van der Waals surface area contributed by atoms with E-state index in [1.165, 1.54) is 26.2 Å². The first-order chi connectivity index (χ1) is 21.2. The van der Waals surface area contributed by atoms with Crippen LogP contribution < -0.4 is 0 Å². The maximum Gasteiger partial charge on any atom is 0.0269 e. The van der Waals surface area contributed by atoms with Gasteiger partial charge in [0.25, 0.3) is 0 Å². The van der Waals surface area contributed by atoms with Crippen LogP contribution in [0.4, 0.5) is 0 Å². The summed E-state index contributed by atoms with van der Waals surface area (Å²) < 4.78 is 85.1. The smallest absolute Gasteiger partial charge is 0.0269 e. The largest absolute Gasteiger partial charge is 0.0654 e. The molecule has 0 heterocycles. The molecule has 0 saturated heterocycles. The Morgan fingerprint density at radius 1 is 0.459 bits per heavy atom. The molecule has 0 fully saturated rings. The first-order valence-corrected chi connectivity index (χ1v) is 15.1. The maximum atomic E-state index is 7.32. The summed E-state index contributed by atoms with van der Waals surface area (Å²) in [5.74, 6) is 2.53. The van der Waals surface area contributed by atoms with Crippen molar-refractivity contribution in [3.05, 3.63) is 0 Å². The van der Waals surface area contributed by atoms with Crippen LogP contribution >= 0.6 is 0 Å². The lowest BCUT2D eigenvalue weighted by Gasteiger charge is -1.95. The second-order valence-corrected chi connectivity index (χ2v) is 12.0. The van der Waals surface area contributed by atoms with Gasteiger partial charge >= 0.3 is 0 Å². The average molecular weight is 545 g/mol. The molecule has 0 saturated carbocycles. The molecule has 1 unspecified atom stereocenters. The third kappa shape index (κ3) is 212. The van der Waals surface area contributed by atoms with Crippen LogP contribution in [-0.2, 0) is 0 Å². The molecule has 1 atom stereocenters. The molecule has 236 valence electrons. The van der Waals surface area contributed by atoms with Gasteiger partial charge in [-0.3, -0.25) is 0 Å². The quantitative estimate of drug-likeness (QED) is 0.271. The van der Waals surface area contributed by atoms with Gasteiger partial charge in [0.05, 0.1) is 0 Å². The lowest BCUT2D eigenvalue weighted by atomic mass is 10.1. The predicted octanol–water partition coefficient (Wildman–Crippen LogP) is 15.1. The number of hydrogen-bond acceptors (Lipinski definition) is 0. The summed E-state index contributed by atoms with van der Waals surface area (Å²) in [6.45, 7) is 37.0. The standard InChI is InChI=1S/4C6H14.C5H12.2C4H10/c4*1-4-5-6(2)3;1-4-5(2)3;2*1-4(2)3/h4*6H,4-5H2,1-3H3;5H,4H2,1-3H3;2*4H,1-3H3/i4D2,5D2;4D,5D2;4D2;;;1D3;. The Balaban J connectivity index is -0.0000000855. The highest BCUT2D eigenvalue weighted by Gasteiger charge is 1.87. The van der Waals surface area contributed by atoms with Crippen molar-refractivity contribution >= 4 is 0 Å². The normalized spacial score (nSPS) is 17.3. The van der Waals surface area contributed by atoms with Crippen molar-refractivity contribution in [2.75, 3.05) is 0 Å². The van der Waals surface area contributed by atoms with Crippen LogP contribution in [0.1, 0.15) is 219 Å².